The van der Waals surface area contributed by atoms with Crippen LogP contribution < -0.4 is 10.2 Å². The van der Waals surface area contributed by atoms with Gasteiger partial charge in [-0.15, -0.1) is 0 Å². The number of benzene rings is 2. The first-order valence-corrected chi connectivity index (χ1v) is 8.54. The van der Waals surface area contributed by atoms with Gasteiger partial charge in [0.2, 0.25) is 0 Å². The van der Waals surface area contributed by atoms with Crippen molar-refractivity contribution in [2.45, 2.75) is 13.1 Å². The maximum Gasteiger partial charge on any atom is 0.435 e. The molecule has 0 bridgehead atoms. The van der Waals surface area contributed by atoms with Crippen molar-refractivity contribution >= 4 is 17.3 Å². The molecule has 0 aliphatic heterocycles. The molecule has 1 heterocycles. The summed E-state index contributed by atoms with van der Waals surface area (Å²) in [5.74, 6) is -0.395. The number of halogens is 3. The summed E-state index contributed by atoms with van der Waals surface area (Å²) < 4.78 is 40.4. The van der Waals surface area contributed by atoms with Crippen LogP contribution in [0.4, 0.5) is 18.9 Å². The Labute approximate surface area is 164 Å². The van der Waals surface area contributed by atoms with Gasteiger partial charge in [-0.1, -0.05) is 41.6 Å². The molecule has 3 rings (SSSR count). The predicted octanol–water partition coefficient (Wildman–Crippen LogP) is 4.49. The lowest BCUT2D eigenvalue weighted by Crippen LogP contribution is -2.19. The van der Waals surface area contributed by atoms with E-state index in [0.29, 0.717) is 22.7 Å². The van der Waals surface area contributed by atoms with Crippen LogP contribution in [0.15, 0.2) is 65.9 Å². The van der Waals surface area contributed by atoms with Crippen LogP contribution in [0.2, 0.25) is 0 Å². The largest absolute Gasteiger partial charge is 0.435 e. The molecule has 0 spiro atoms. The summed E-state index contributed by atoms with van der Waals surface area (Å²) in [6.45, 7) is 1.67. The van der Waals surface area contributed by atoms with Gasteiger partial charge < -0.3 is 10.2 Å². The zero-order valence-corrected chi connectivity index (χ0v) is 15.6. The number of anilines is 1. The second kappa shape index (κ2) is 8.17. The zero-order valence-electron chi connectivity index (χ0n) is 15.6. The second-order valence-electron chi connectivity index (χ2n) is 6.14. The van der Waals surface area contributed by atoms with Gasteiger partial charge in [-0.25, -0.2) is 0 Å². The second-order valence-corrected chi connectivity index (χ2v) is 6.14. The van der Waals surface area contributed by atoms with Crippen LogP contribution in [-0.2, 0) is 13.2 Å². The molecule has 9 heteroatoms. The summed E-state index contributed by atoms with van der Waals surface area (Å²) in [4.78, 5) is 17.9. The number of aromatic nitrogens is 2. The maximum atomic E-state index is 13.1. The summed E-state index contributed by atoms with van der Waals surface area (Å²) in [5.41, 5.74) is -0.564. The maximum absolute atomic E-state index is 13.1. The fraction of sp³-hybridized carbons (Fsp3) is 0.150. The number of nitrogens with one attached hydrogen (secondary N) is 1. The standard InChI is InChI=1S/C20H17F3N4O2/c1-13(26-29-14-8-4-3-5-9-14)15-10-6-7-11-17(15)24-19(28)16-12-27(2)25-18(16)20(21,22)23/h3-12H,1-2H3,(H,24,28). The fourth-order valence-corrected chi connectivity index (χ4v) is 2.61. The highest BCUT2D eigenvalue weighted by Gasteiger charge is 2.39. The van der Waals surface area contributed by atoms with Gasteiger partial charge >= 0.3 is 6.18 Å². The van der Waals surface area contributed by atoms with E-state index in [2.05, 4.69) is 15.6 Å². The number of carbonyl (C=O) groups excluding carboxylic acids is 1. The number of rotatable bonds is 5. The molecule has 0 radical (unpaired) electrons. The van der Waals surface area contributed by atoms with Crippen LogP contribution in [0.3, 0.4) is 0 Å². The first-order valence-electron chi connectivity index (χ1n) is 8.54. The third kappa shape index (κ3) is 4.81. The first-order chi connectivity index (χ1) is 13.8. The Morgan fingerprint density at radius 2 is 1.72 bits per heavy atom. The summed E-state index contributed by atoms with van der Waals surface area (Å²) >= 11 is 0. The van der Waals surface area contributed by atoms with Gasteiger partial charge in [-0.2, -0.15) is 18.3 Å². The average Bonchev–Trinajstić information content (AvgIpc) is 3.10. The monoisotopic (exact) mass is 402 g/mol. The molecule has 1 amide bonds. The van der Waals surface area contributed by atoms with Crippen molar-refractivity contribution in [2.24, 2.45) is 12.2 Å². The molecule has 0 fully saturated rings. The van der Waals surface area contributed by atoms with Crippen molar-refractivity contribution in [3.8, 4) is 5.75 Å². The number of nitrogens with zero attached hydrogens (tertiary/aromatic N) is 3. The van der Waals surface area contributed by atoms with E-state index in [1.165, 1.54) is 7.05 Å². The van der Waals surface area contributed by atoms with Gasteiger partial charge in [0.25, 0.3) is 5.91 Å². The molecule has 6 nitrogen and oxygen atoms in total. The molecule has 0 saturated heterocycles. The van der Waals surface area contributed by atoms with Gasteiger partial charge in [-0.3, -0.25) is 9.48 Å². The smallest absolute Gasteiger partial charge is 0.357 e. The first kappa shape index (κ1) is 20.1. The lowest BCUT2D eigenvalue weighted by Gasteiger charge is -2.11. The topological polar surface area (TPSA) is 68.5 Å². The van der Waals surface area contributed by atoms with Crippen molar-refractivity contribution in [3.05, 3.63) is 77.6 Å². The van der Waals surface area contributed by atoms with E-state index >= 15 is 0 Å². The molecule has 0 atom stereocenters. The Hall–Kier alpha value is -3.62. The van der Waals surface area contributed by atoms with E-state index < -0.39 is 23.3 Å². The number of hydrogen-bond acceptors (Lipinski definition) is 4. The third-order valence-electron chi connectivity index (χ3n) is 3.94. The van der Waals surface area contributed by atoms with Gasteiger partial charge in [-0.05, 0) is 25.1 Å². The highest BCUT2D eigenvalue weighted by Crippen LogP contribution is 2.31. The molecule has 2 aromatic carbocycles. The Morgan fingerprint density at radius 1 is 1.07 bits per heavy atom. The molecule has 1 N–H and O–H groups in total. The molecule has 150 valence electrons. The quantitative estimate of drug-likeness (QED) is 0.505. The van der Waals surface area contributed by atoms with Crippen LogP contribution in [0.25, 0.3) is 0 Å². The van der Waals surface area contributed by atoms with Crippen LogP contribution >= 0.6 is 0 Å². The summed E-state index contributed by atoms with van der Waals surface area (Å²) in [5, 5.41) is 9.89. The van der Waals surface area contributed by atoms with Gasteiger partial charge in [0.05, 0.1) is 17.0 Å². The molecule has 0 aliphatic rings. The Bertz CT molecular complexity index is 1040. The minimum atomic E-state index is -4.74. The van der Waals surface area contributed by atoms with E-state index in [9.17, 15) is 18.0 Å². The van der Waals surface area contributed by atoms with Gasteiger partial charge in [0.1, 0.15) is 0 Å². The number of hydrogen-bond donors (Lipinski definition) is 1. The molecule has 0 aliphatic carbocycles. The zero-order chi connectivity index (χ0) is 21.0. The normalized spacial score (nSPS) is 12.0. The number of aryl methyl sites for hydroxylation is 1. The minimum Gasteiger partial charge on any atom is -0.357 e. The number of carbonyl (C=O) groups is 1. The minimum absolute atomic E-state index is 0.299. The third-order valence-corrected chi connectivity index (χ3v) is 3.94. The van der Waals surface area contributed by atoms with Crippen molar-refractivity contribution in [1.29, 1.82) is 0 Å². The van der Waals surface area contributed by atoms with Gasteiger partial charge in [0.15, 0.2) is 11.4 Å². The van der Waals surface area contributed by atoms with E-state index in [-0.39, 0.29) is 0 Å². The number of amides is 1. The predicted molar refractivity (Wildman–Crippen MR) is 102 cm³/mol. The molecule has 29 heavy (non-hydrogen) atoms. The Kier molecular flexibility index (Phi) is 5.67. The van der Waals surface area contributed by atoms with E-state index in [4.69, 9.17) is 4.84 Å². The SMILES string of the molecule is CC(=NOc1ccccc1)c1ccccc1NC(=O)c1cn(C)nc1C(F)(F)F. The van der Waals surface area contributed by atoms with Crippen molar-refractivity contribution in [3.63, 3.8) is 0 Å². The highest BCUT2D eigenvalue weighted by atomic mass is 19.4. The highest BCUT2D eigenvalue weighted by molar-refractivity contribution is 6.10. The lowest BCUT2D eigenvalue weighted by atomic mass is 10.1. The number of para-hydroxylation sites is 2. The molecular weight excluding hydrogens is 385 g/mol. The van der Waals surface area contributed by atoms with Crippen LogP contribution in [0.5, 0.6) is 5.75 Å². The molecule has 1 aromatic heterocycles. The van der Waals surface area contributed by atoms with Crippen molar-refractivity contribution in [1.82, 2.24) is 9.78 Å². The summed E-state index contributed by atoms with van der Waals surface area (Å²) in [6, 6.07) is 15.5. The van der Waals surface area contributed by atoms with Crippen molar-refractivity contribution in [2.75, 3.05) is 5.32 Å². The van der Waals surface area contributed by atoms with E-state index in [1.807, 2.05) is 6.07 Å². The number of oxime groups is 1. The summed E-state index contributed by atoms with van der Waals surface area (Å²) in [7, 11) is 1.32. The molecule has 0 saturated carbocycles. The van der Waals surface area contributed by atoms with Crippen LogP contribution in [-0.4, -0.2) is 21.4 Å². The van der Waals surface area contributed by atoms with Crippen LogP contribution in [0.1, 0.15) is 28.5 Å². The molecular formula is C20H17F3N4O2. The molecule has 0 unspecified atom stereocenters. The fourth-order valence-electron chi connectivity index (χ4n) is 2.61. The van der Waals surface area contributed by atoms with Crippen LogP contribution in [0, 0.1) is 0 Å². The van der Waals surface area contributed by atoms with E-state index in [1.54, 1.807) is 55.5 Å². The number of alkyl halides is 3. The average molecular weight is 402 g/mol. The Balaban J connectivity index is 1.85. The Morgan fingerprint density at radius 3 is 2.41 bits per heavy atom. The summed E-state index contributed by atoms with van der Waals surface area (Å²) in [6.07, 6.45) is -3.71. The van der Waals surface area contributed by atoms with Gasteiger partial charge in [0, 0.05) is 18.8 Å². The van der Waals surface area contributed by atoms with Crippen molar-refractivity contribution < 1.29 is 22.8 Å². The van der Waals surface area contributed by atoms with E-state index in [0.717, 1.165) is 10.9 Å². The lowest BCUT2D eigenvalue weighted by molar-refractivity contribution is -0.141. The molecule has 3 aromatic rings.